The molecule has 0 bridgehead atoms. The quantitative estimate of drug-likeness (QED) is 0.376. The van der Waals surface area contributed by atoms with E-state index in [1.807, 2.05) is 27.7 Å². The second kappa shape index (κ2) is 8.37. The Bertz CT molecular complexity index is 713. The topological polar surface area (TPSA) is 94.2 Å². The molecule has 1 saturated heterocycles. The molecule has 0 spiro atoms. The molecule has 1 fully saturated rings. The number of carbonyl (C=O) groups excluding carboxylic acids is 2. The van der Waals surface area contributed by atoms with Crippen LogP contribution < -0.4 is 5.73 Å². The van der Waals surface area contributed by atoms with E-state index in [1.54, 1.807) is 4.90 Å². The van der Waals surface area contributed by atoms with Crippen molar-refractivity contribution in [2.24, 2.45) is 16.8 Å². The summed E-state index contributed by atoms with van der Waals surface area (Å²) in [5, 5.41) is 3.71. The number of halogens is 1. The molecule has 2 N–H and O–H groups in total. The maximum absolute atomic E-state index is 12.9. The third-order valence-electron chi connectivity index (χ3n) is 4.24. The van der Waals surface area contributed by atoms with Crippen LogP contribution in [0.3, 0.4) is 0 Å². The summed E-state index contributed by atoms with van der Waals surface area (Å²) in [5.41, 5.74) is 5.55. The second-order valence-electron chi connectivity index (χ2n) is 7.66. The first-order chi connectivity index (χ1) is 12.6. The van der Waals surface area contributed by atoms with E-state index in [2.05, 4.69) is 5.16 Å². The minimum absolute atomic E-state index is 0.0191. The number of ether oxygens (including phenoxy) is 1. The van der Waals surface area contributed by atoms with Gasteiger partial charge in [0.15, 0.2) is 0 Å². The summed E-state index contributed by atoms with van der Waals surface area (Å²) in [6.07, 6.45) is 1.03. The van der Waals surface area contributed by atoms with Crippen molar-refractivity contribution >= 4 is 17.9 Å². The Hall–Kier alpha value is -2.64. The van der Waals surface area contributed by atoms with Crippen molar-refractivity contribution in [1.82, 2.24) is 4.90 Å². The number of oxime groups is 1. The number of nitrogens with zero attached hydrogens (tertiary/aromatic N) is 2. The summed E-state index contributed by atoms with van der Waals surface area (Å²) in [6.45, 7) is 7.70. The van der Waals surface area contributed by atoms with Crippen molar-refractivity contribution in [1.29, 1.82) is 0 Å². The molecular weight excluding hydrogens is 353 g/mol. The lowest BCUT2D eigenvalue weighted by molar-refractivity contribution is 0.00868. The van der Waals surface area contributed by atoms with Gasteiger partial charge in [-0.3, -0.25) is 0 Å². The van der Waals surface area contributed by atoms with Crippen LogP contribution in [0.1, 0.15) is 50.9 Å². The van der Waals surface area contributed by atoms with Crippen LogP contribution in [0.5, 0.6) is 0 Å². The molecule has 0 aromatic heterocycles. The molecule has 1 aliphatic rings. The molecule has 1 amide bonds. The Labute approximate surface area is 158 Å². The molecule has 1 aliphatic heterocycles. The first kappa shape index (κ1) is 20.7. The van der Waals surface area contributed by atoms with Crippen molar-refractivity contribution in [2.75, 3.05) is 6.54 Å². The predicted octanol–water partition coefficient (Wildman–Crippen LogP) is 3.29. The number of amides is 1. The summed E-state index contributed by atoms with van der Waals surface area (Å²) in [6, 6.07) is 4.94. The van der Waals surface area contributed by atoms with E-state index in [0.717, 1.165) is 18.6 Å². The number of hydrogen-bond acceptors (Lipinski definition) is 5. The van der Waals surface area contributed by atoms with E-state index in [1.165, 1.54) is 12.1 Å². The number of piperidine rings is 1. The molecule has 0 aliphatic carbocycles. The van der Waals surface area contributed by atoms with E-state index in [4.69, 9.17) is 15.3 Å². The van der Waals surface area contributed by atoms with Gasteiger partial charge in [0.05, 0.1) is 5.56 Å². The fourth-order valence-electron chi connectivity index (χ4n) is 2.73. The molecule has 1 heterocycles. The number of amidine groups is 1. The Morgan fingerprint density at radius 3 is 2.44 bits per heavy atom. The average Bonchev–Trinajstić information content (AvgIpc) is 2.58. The van der Waals surface area contributed by atoms with Gasteiger partial charge in [-0.1, -0.05) is 5.16 Å². The Morgan fingerprint density at radius 2 is 1.85 bits per heavy atom. The molecule has 0 unspecified atom stereocenters. The molecule has 2 rings (SSSR count). The lowest BCUT2D eigenvalue weighted by atomic mass is 9.93. The zero-order valence-corrected chi connectivity index (χ0v) is 16.1. The van der Waals surface area contributed by atoms with Crippen LogP contribution in [0.4, 0.5) is 9.18 Å². The van der Waals surface area contributed by atoms with Crippen LogP contribution >= 0.6 is 0 Å². The summed E-state index contributed by atoms with van der Waals surface area (Å²) >= 11 is 0. The Balaban J connectivity index is 1.99. The maximum atomic E-state index is 12.9. The van der Waals surface area contributed by atoms with Crippen LogP contribution in [0.25, 0.3) is 0 Å². The summed E-state index contributed by atoms with van der Waals surface area (Å²) in [4.78, 5) is 30.8. The lowest BCUT2D eigenvalue weighted by Crippen LogP contribution is -2.50. The van der Waals surface area contributed by atoms with Crippen molar-refractivity contribution in [3.05, 3.63) is 35.6 Å². The number of hydrogen-bond donors (Lipinski definition) is 1. The van der Waals surface area contributed by atoms with Gasteiger partial charge < -0.3 is 20.2 Å². The first-order valence-corrected chi connectivity index (χ1v) is 8.86. The number of benzene rings is 1. The fraction of sp³-hybridized carbons (Fsp3) is 0.526. The van der Waals surface area contributed by atoms with Gasteiger partial charge in [0.25, 0.3) is 0 Å². The molecule has 7 nitrogen and oxygen atoms in total. The lowest BCUT2D eigenvalue weighted by Gasteiger charge is -2.38. The number of likely N-dealkylation sites (tertiary alicyclic amines) is 1. The number of nitrogens with two attached hydrogens (primary N) is 1. The standard InChI is InChI=1S/C19H26FN3O4/c1-12-5-6-14(11-23(12)18(25)26-19(2,3)4)16(21)22-27-17(24)13-7-9-15(20)10-8-13/h7-10,12,14H,5-6,11H2,1-4H3,(H2,21,22)/t12-,14+/m1/s1. The SMILES string of the molecule is C[C@@H]1CC[C@H](/C(N)=N/OC(=O)c2ccc(F)cc2)CN1C(=O)OC(C)(C)C. The largest absolute Gasteiger partial charge is 0.444 e. The summed E-state index contributed by atoms with van der Waals surface area (Å²) in [7, 11) is 0. The maximum Gasteiger partial charge on any atom is 0.410 e. The molecule has 8 heteroatoms. The number of rotatable bonds is 3. The van der Waals surface area contributed by atoms with E-state index >= 15 is 0 Å². The van der Waals surface area contributed by atoms with Crippen LogP contribution in [-0.4, -0.2) is 41.0 Å². The first-order valence-electron chi connectivity index (χ1n) is 8.86. The fourth-order valence-corrected chi connectivity index (χ4v) is 2.73. The third-order valence-corrected chi connectivity index (χ3v) is 4.24. The summed E-state index contributed by atoms with van der Waals surface area (Å²) < 4.78 is 18.3. The van der Waals surface area contributed by atoms with Gasteiger partial charge in [-0.2, -0.15) is 0 Å². The minimum atomic E-state index is -0.730. The zero-order valence-electron chi connectivity index (χ0n) is 16.1. The summed E-state index contributed by atoms with van der Waals surface area (Å²) in [5.74, 6) is -1.29. The molecule has 2 atom stereocenters. The molecule has 1 aromatic rings. The van der Waals surface area contributed by atoms with Gasteiger partial charge in [0.2, 0.25) is 0 Å². The zero-order chi connectivity index (χ0) is 20.2. The molecule has 1 aromatic carbocycles. The molecular formula is C19H26FN3O4. The smallest absolute Gasteiger partial charge is 0.410 e. The van der Waals surface area contributed by atoms with Gasteiger partial charge in [0.1, 0.15) is 17.3 Å². The van der Waals surface area contributed by atoms with Crippen molar-refractivity contribution in [3.63, 3.8) is 0 Å². The third kappa shape index (κ3) is 5.94. The van der Waals surface area contributed by atoms with E-state index in [-0.39, 0.29) is 23.4 Å². The molecule has 0 radical (unpaired) electrons. The van der Waals surface area contributed by atoms with Gasteiger partial charge in [-0.25, -0.2) is 14.0 Å². The highest BCUT2D eigenvalue weighted by atomic mass is 19.1. The minimum Gasteiger partial charge on any atom is -0.444 e. The van der Waals surface area contributed by atoms with Crippen molar-refractivity contribution in [3.8, 4) is 0 Å². The van der Waals surface area contributed by atoms with Crippen LogP contribution in [0.2, 0.25) is 0 Å². The monoisotopic (exact) mass is 379 g/mol. The Morgan fingerprint density at radius 1 is 1.22 bits per heavy atom. The van der Waals surface area contributed by atoms with Crippen LogP contribution in [-0.2, 0) is 9.57 Å². The second-order valence-corrected chi connectivity index (χ2v) is 7.66. The predicted molar refractivity (Wildman–Crippen MR) is 98.6 cm³/mol. The molecule has 0 saturated carbocycles. The molecule has 27 heavy (non-hydrogen) atoms. The van der Waals surface area contributed by atoms with Gasteiger partial charge in [-0.05, 0) is 64.8 Å². The Kier molecular flexibility index (Phi) is 6.41. The van der Waals surface area contributed by atoms with Crippen LogP contribution in [0.15, 0.2) is 29.4 Å². The van der Waals surface area contributed by atoms with E-state index < -0.39 is 23.5 Å². The van der Waals surface area contributed by atoms with E-state index in [9.17, 15) is 14.0 Å². The van der Waals surface area contributed by atoms with Crippen molar-refractivity contribution in [2.45, 2.75) is 52.2 Å². The normalized spacial score (nSPS) is 20.9. The highest BCUT2D eigenvalue weighted by molar-refractivity contribution is 5.90. The molecule has 148 valence electrons. The van der Waals surface area contributed by atoms with Crippen LogP contribution in [0, 0.1) is 11.7 Å². The van der Waals surface area contributed by atoms with Gasteiger partial charge in [0, 0.05) is 18.5 Å². The van der Waals surface area contributed by atoms with E-state index in [0.29, 0.717) is 13.0 Å². The van der Waals surface area contributed by atoms with Crippen molar-refractivity contribution < 1.29 is 23.6 Å². The van der Waals surface area contributed by atoms with Gasteiger partial charge in [-0.15, -0.1) is 0 Å². The highest BCUT2D eigenvalue weighted by Crippen LogP contribution is 2.24. The van der Waals surface area contributed by atoms with Gasteiger partial charge >= 0.3 is 12.1 Å². The number of carbonyl (C=O) groups is 2. The highest BCUT2D eigenvalue weighted by Gasteiger charge is 2.33. The average molecular weight is 379 g/mol.